The van der Waals surface area contributed by atoms with E-state index in [-0.39, 0.29) is 5.69 Å². The van der Waals surface area contributed by atoms with Gasteiger partial charge in [-0.3, -0.25) is 9.55 Å². The van der Waals surface area contributed by atoms with E-state index < -0.39 is 5.97 Å². The third-order valence-electron chi connectivity index (χ3n) is 3.95. The zero-order chi connectivity index (χ0) is 19.5. The molecule has 0 aliphatic heterocycles. The summed E-state index contributed by atoms with van der Waals surface area (Å²) in [4.78, 5) is 19.0. The summed E-state index contributed by atoms with van der Waals surface area (Å²) in [6.45, 7) is 2.03. The molecule has 4 rings (SSSR count). The number of benzene rings is 1. The fourth-order valence-electron chi connectivity index (χ4n) is 2.58. The summed E-state index contributed by atoms with van der Waals surface area (Å²) in [6.07, 6.45) is 3.43. The van der Waals surface area contributed by atoms with Gasteiger partial charge in [0.15, 0.2) is 11.0 Å². The van der Waals surface area contributed by atoms with Crippen LogP contribution in [0.15, 0.2) is 59.3 Å². The van der Waals surface area contributed by atoms with Gasteiger partial charge in [0.25, 0.3) is 0 Å². The third kappa shape index (κ3) is 3.80. The average Bonchev–Trinajstić information content (AvgIpc) is 3.35. The Morgan fingerprint density at radius 3 is 2.57 bits per heavy atom. The summed E-state index contributed by atoms with van der Waals surface area (Å²) in [6, 6.07) is 11.9. The molecular formula is C19H14N5O2S2-. The molecule has 28 heavy (non-hydrogen) atoms. The summed E-state index contributed by atoms with van der Waals surface area (Å²) in [5.74, 6) is -0.0724. The molecule has 9 heteroatoms. The number of carbonyl (C=O) groups excluding carboxylic acids is 1. The van der Waals surface area contributed by atoms with Crippen molar-refractivity contribution in [2.75, 3.05) is 0 Å². The first-order valence-electron chi connectivity index (χ1n) is 8.33. The van der Waals surface area contributed by atoms with Crippen molar-refractivity contribution in [3.63, 3.8) is 0 Å². The van der Waals surface area contributed by atoms with E-state index in [1.165, 1.54) is 28.5 Å². The van der Waals surface area contributed by atoms with Gasteiger partial charge in [0.05, 0.1) is 17.4 Å². The highest BCUT2D eigenvalue weighted by atomic mass is 32.2. The lowest BCUT2D eigenvalue weighted by molar-refractivity contribution is -0.255. The Morgan fingerprint density at radius 1 is 1.14 bits per heavy atom. The molecule has 0 unspecified atom stereocenters. The molecule has 0 radical (unpaired) electrons. The molecule has 0 N–H and O–H groups in total. The van der Waals surface area contributed by atoms with E-state index in [2.05, 4.69) is 20.2 Å². The number of carboxylic acid groups (broad SMARTS) is 1. The summed E-state index contributed by atoms with van der Waals surface area (Å²) >= 11 is 2.73. The normalized spacial score (nSPS) is 10.9. The third-order valence-corrected chi connectivity index (χ3v) is 5.92. The van der Waals surface area contributed by atoms with Gasteiger partial charge >= 0.3 is 0 Å². The van der Waals surface area contributed by atoms with Crippen molar-refractivity contribution in [2.24, 2.45) is 0 Å². The van der Waals surface area contributed by atoms with E-state index in [4.69, 9.17) is 0 Å². The highest BCUT2D eigenvalue weighted by molar-refractivity contribution is 7.98. The van der Waals surface area contributed by atoms with Crippen LogP contribution in [0.25, 0.3) is 17.1 Å². The van der Waals surface area contributed by atoms with Crippen molar-refractivity contribution in [1.82, 2.24) is 24.7 Å². The molecule has 0 spiro atoms. The van der Waals surface area contributed by atoms with Gasteiger partial charge in [0.1, 0.15) is 5.01 Å². The van der Waals surface area contributed by atoms with Crippen LogP contribution in [0.2, 0.25) is 0 Å². The Morgan fingerprint density at radius 2 is 1.89 bits per heavy atom. The van der Waals surface area contributed by atoms with Gasteiger partial charge < -0.3 is 9.90 Å². The van der Waals surface area contributed by atoms with E-state index in [0.29, 0.717) is 21.7 Å². The van der Waals surface area contributed by atoms with E-state index in [1.807, 2.05) is 47.9 Å². The molecule has 0 atom stereocenters. The molecule has 4 aromatic rings. The van der Waals surface area contributed by atoms with Gasteiger partial charge in [-0.15, -0.1) is 21.5 Å². The number of nitrogens with zero attached hydrogens (tertiary/aromatic N) is 5. The van der Waals surface area contributed by atoms with Gasteiger partial charge in [-0.2, -0.15) is 0 Å². The highest BCUT2D eigenvalue weighted by Crippen LogP contribution is 2.30. The largest absolute Gasteiger partial charge is 0.543 e. The minimum Gasteiger partial charge on any atom is -0.543 e. The lowest BCUT2D eigenvalue weighted by atomic mass is 10.2. The minimum atomic E-state index is -1.27. The van der Waals surface area contributed by atoms with Crippen molar-refractivity contribution in [3.8, 4) is 17.1 Å². The van der Waals surface area contributed by atoms with E-state index in [0.717, 1.165) is 16.8 Å². The number of thioether (sulfide) groups is 1. The first-order chi connectivity index (χ1) is 13.6. The van der Waals surface area contributed by atoms with Crippen LogP contribution in [0.5, 0.6) is 0 Å². The second-order valence-electron chi connectivity index (χ2n) is 5.92. The molecule has 0 saturated heterocycles. The highest BCUT2D eigenvalue weighted by Gasteiger charge is 2.17. The molecule has 0 aliphatic rings. The lowest BCUT2D eigenvalue weighted by Crippen LogP contribution is -2.22. The molecule has 0 aliphatic carbocycles. The number of rotatable bonds is 6. The van der Waals surface area contributed by atoms with Crippen LogP contribution in [0.4, 0.5) is 0 Å². The second kappa shape index (κ2) is 7.91. The van der Waals surface area contributed by atoms with Gasteiger partial charge in [-0.25, -0.2) is 4.98 Å². The minimum absolute atomic E-state index is 0.0434. The number of hydrogen-bond acceptors (Lipinski definition) is 8. The van der Waals surface area contributed by atoms with Crippen LogP contribution in [0.3, 0.4) is 0 Å². The Kier molecular flexibility index (Phi) is 5.18. The van der Waals surface area contributed by atoms with Crippen LogP contribution >= 0.6 is 23.1 Å². The number of thiazole rings is 1. The number of pyridine rings is 1. The Bertz CT molecular complexity index is 1110. The number of carbonyl (C=O) groups is 1. The van der Waals surface area contributed by atoms with Gasteiger partial charge in [-0.05, 0) is 31.2 Å². The zero-order valence-electron chi connectivity index (χ0n) is 14.8. The summed E-state index contributed by atoms with van der Waals surface area (Å²) in [7, 11) is 0. The smallest absolute Gasteiger partial charge is 0.196 e. The van der Waals surface area contributed by atoms with Crippen LogP contribution in [-0.4, -0.2) is 30.7 Å². The van der Waals surface area contributed by atoms with E-state index in [9.17, 15) is 9.90 Å². The Balaban J connectivity index is 1.69. The first kappa shape index (κ1) is 18.3. The van der Waals surface area contributed by atoms with Gasteiger partial charge in [-0.1, -0.05) is 29.5 Å². The number of aryl methyl sites for hydroxylation is 1. The maximum atomic E-state index is 10.9. The molecule has 3 aromatic heterocycles. The predicted molar refractivity (Wildman–Crippen MR) is 105 cm³/mol. The van der Waals surface area contributed by atoms with E-state index >= 15 is 0 Å². The van der Waals surface area contributed by atoms with Crippen molar-refractivity contribution in [3.05, 3.63) is 70.4 Å². The standard InChI is InChI=1S/C19H15N5O2S2/c1-12-2-4-14(5-3-12)24-17(13-6-8-20-9-7-13)22-23-19(24)28-11-16-21-15(10-27-16)18(25)26/h2-10H,11H2,1H3,(H,25,26)/p-1. The van der Waals surface area contributed by atoms with Crippen molar-refractivity contribution in [1.29, 1.82) is 0 Å². The van der Waals surface area contributed by atoms with Crippen LogP contribution in [0, 0.1) is 6.92 Å². The molecule has 0 saturated carbocycles. The molecule has 3 heterocycles. The fraction of sp³-hybridized carbons (Fsp3) is 0.105. The number of aromatic carboxylic acids is 1. The van der Waals surface area contributed by atoms with Crippen LogP contribution in [-0.2, 0) is 5.75 Å². The molecule has 1 aromatic carbocycles. The maximum Gasteiger partial charge on any atom is 0.196 e. The summed E-state index contributed by atoms with van der Waals surface area (Å²) < 4.78 is 1.98. The summed E-state index contributed by atoms with van der Waals surface area (Å²) in [5, 5.41) is 22.5. The molecule has 0 bridgehead atoms. The monoisotopic (exact) mass is 408 g/mol. The zero-order valence-corrected chi connectivity index (χ0v) is 16.4. The molecule has 0 fully saturated rings. The average molecular weight is 408 g/mol. The molecule has 0 amide bonds. The SMILES string of the molecule is Cc1ccc(-n2c(SCc3nc(C(=O)[O-])cs3)nnc2-c2ccncc2)cc1. The molecule has 7 nitrogen and oxygen atoms in total. The predicted octanol–water partition coefficient (Wildman–Crippen LogP) is 2.75. The second-order valence-corrected chi connectivity index (χ2v) is 7.80. The van der Waals surface area contributed by atoms with Crippen LogP contribution in [0.1, 0.15) is 21.1 Å². The number of hydrogen-bond donors (Lipinski definition) is 0. The number of carboxylic acids is 1. The van der Waals surface area contributed by atoms with Crippen LogP contribution < -0.4 is 5.11 Å². The summed E-state index contributed by atoms with van der Waals surface area (Å²) in [5.41, 5.74) is 2.97. The Hall–Kier alpha value is -3.04. The number of aromatic nitrogens is 5. The topological polar surface area (TPSA) is 96.6 Å². The fourth-order valence-corrected chi connectivity index (χ4v) is 4.31. The van der Waals surface area contributed by atoms with Crippen molar-refractivity contribution < 1.29 is 9.90 Å². The van der Waals surface area contributed by atoms with E-state index in [1.54, 1.807) is 12.4 Å². The van der Waals surface area contributed by atoms with Crippen molar-refractivity contribution >= 4 is 29.1 Å². The maximum absolute atomic E-state index is 10.9. The quantitative estimate of drug-likeness (QED) is 0.453. The van der Waals surface area contributed by atoms with Gasteiger partial charge in [0.2, 0.25) is 0 Å². The van der Waals surface area contributed by atoms with Crippen molar-refractivity contribution in [2.45, 2.75) is 17.8 Å². The Labute approximate surface area is 169 Å². The molecule has 140 valence electrons. The lowest BCUT2D eigenvalue weighted by Gasteiger charge is -2.10. The molecular weight excluding hydrogens is 394 g/mol. The van der Waals surface area contributed by atoms with Gasteiger partial charge in [0, 0.05) is 29.0 Å². The first-order valence-corrected chi connectivity index (χ1v) is 10.2.